The summed E-state index contributed by atoms with van der Waals surface area (Å²) in [5.74, 6) is 0.651. The maximum atomic E-state index is 13.4. The summed E-state index contributed by atoms with van der Waals surface area (Å²) in [5.41, 5.74) is 6.92. The highest BCUT2D eigenvalue weighted by atomic mass is 32.2. The second kappa shape index (κ2) is 11.8. The van der Waals surface area contributed by atoms with Crippen molar-refractivity contribution in [3.8, 4) is 22.6 Å². The predicted molar refractivity (Wildman–Crippen MR) is 171 cm³/mol. The normalized spacial score (nSPS) is 11.4. The van der Waals surface area contributed by atoms with E-state index in [4.69, 9.17) is 9.39 Å². The molecule has 226 valence electrons. The number of aromatic nitrogens is 6. The zero-order valence-electron chi connectivity index (χ0n) is 24.6. The Hall–Kier alpha value is -5.59. The van der Waals surface area contributed by atoms with Gasteiger partial charge in [-0.1, -0.05) is 29.8 Å². The minimum Gasteiger partial charge on any atom is -0.374 e. The van der Waals surface area contributed by atoms with Crippen LogP contribution in [0.1, 0.15) is 11.1 Å². The topological polar surface area (TPSA) is 134 Å². The number of rotatable bonds is 5. The summed E-state index contributed by atoms with van der Waals surface area (Å²) in [7, 11) is -2.25. The monoisotopic (exact) mass is 620 g/mol. The van der Waals surface area contributed by atoms with Crippen molar-refractivity contribution in [2.45, 2.75) is 18.7 Å². The van der Waals surface area contributed by atoms with Crippen molar-refractivity contribution in [2.75, 3.05) is 0 Å². The highest BCUT2D eigenvalue weighted by Crippen LogP contribution is 2.31. The van der Waals surface area contributed by atoms with Gasteiger partial charge in [0, 0.05) is 36.6 Å². The quantitative estimate of drug-likeness (QED) is 0.249. The first-order valence-electron chi connectivity index (χ1n) is 13.8. The lowest BCUT2D eigenvalue weighted by Gasteiger charge is -2.12. The maximum Gasteiger partial charge on any atom is 0.333 e. The van der Waals surface area contributed by atoms with E-state index >= 15 is 0 Å². The van der Waals surface area contributed by atoms with E-state index in [9.17, 15) is 13.2 Å². The number of hydrogen-bond acceptors (Lipinski definition) is 7. The van der Waals surface area contributed by atoms with E-state index in [2.05, 4.69) is 21.0 Å². The lowest BCUT2D eigenvalue weighted by Crippen LogP contribution is -2.21. The highest BCUT2D eigenvalue weighted by molar-refractivity contribution is 7.85. The van der Waals surface area contributed by atoms with Crippen LogP contribution in [0.4, 0.5) is 0 Å². The number of hydrogen-bond donors (Lipinski definition) is 1. The Kier molecular flexibility index (Phi) is 7.75. The summed E-state index contributed by atoms with van der Waals surface area (Å²) in [6.07, 6.45) is 10.3. The molecule has 0 amide bonds. The average Bonchev–Trinajstić information content (AvgIpc) is 3.63. The van der Waals surface area contributed by atoms with Crippen molar-refractivity contribution in [3.63, 3.8) is 0 Å². The van der Waals surface area contributed by atoms with Gasteiger partial charge in [-0.05, 0) is 73.5 Å². The molecule has 1 N–H and O–H groups in total. The Morgan fingerprint density at radius 1 is 0.867 bits per heavy atom. The van der Waals surface area contributed by atoms with Gasteiger partial charge in [-0.15, -0.1) is 0 Å². The van der Waals surface area contributed by atoms with Crippen molar-refractivity contribution in [2.24, 2.45) is 7.05 Å². The molecule has 7 rings (SSSR count). The first-order chi connectivity index (χ1) is 21.6. The molecule has 0 spiro atoms. The zero-order chi connectivity index (χ0) is 31.7. The van der Waals surface area contributed by atoms with Gasteiger partial charge in [-0.25, -0.2) is 9.78 Å². The Morgan fingerprint density at radius 2 is 1.67 bits per heavy atom. The van der Waals surface area contributed by atoms with Gasteiger partial charge in [0.1, 0.15) is 6.33 Å². The van der Waals surface area contributed by atoms with Gasteiger partial charge < -0.3 is 4.84 Å². The lowest BCUT2D eigenvalue weighted by atomic mass is 10.0. The first-order valence-corrected chi connectivity index (χ1v) is 15.3. The van der Waals surface area contributed by atoms with Crippen LogP contribution in [0.25, 0.3) is 38.8 Å². The van der Waals surface area contributed by atoms with Crippen LogP contribution in [-0.4, -0.2) is 41.8 Å². The molecule has 11 nitrogen and oxygen atoms in total. The van der Waals surface area contributed by atoms with E-state index in [-0.39, 0.29) is 10.6 Å². The molecular weight excluding hydrogens is 592 g/mol. The molecule has 3 aromatic carbocycles. The Labute approximate surface area is 258 Å². The van der Waals surface area contributed by atoms with E-state index < -0.39 is 10.1 Å². The molecule has 0 aliphatic carbocycles. The Balaban J connectivity index is 0.000000276. The van der Waals surface area contributed by atoms with Crippen molar-refractivity contribution in [3.05, 3.63) is 132 Å². The lowest BCUT2D eigenvalue weighted by molar-refractivity contribution is 0.215. The molecule has 0 fully saturated rings. The third-order valence-electron chi connectivity index (χ3n) is 7.30. The van der Waals surface area contributed by atoms with Gasteiger partial charge in [0.05, 0.1) is 39.5 Å². The third kappa shape index (κ3) is 5.96. The summed E-state index contributed by atoms with van der Waals surface area (Å²) >= 11 is 0. The second-order valence-corrected chi connectivity index (χ2v) is 11.8. The minimum atomic E-state index is -4.02. The number of pyridine rings is 2. The van der Waals surface area contributed by atoms with E-state index in [0.717, 1.165) is 49.9 Å². The molecule has 0 aliphatic heterocycles. The van der Waals surface area contributed by atoms with Crippen LogP contribution in [0.3, 0.4) is 0 Å². The SMILES string of the molecule is Cc1cc(On2ccnc2)ccc1-n1c(=O)n(C)c2cnc3ccc(-c4cccnc4)cc3c21.Cc1ccc(S(=O)(=O)O)cc1. The molecule has 0 aliphatic rings. The van der Waals surface area contributed by atoms with Crippen LogP contribution in [0.2, 0.25) is 0 Å². The number of aryl methyl sites for hydroxylation is 3. The van der Waals surface area contributed by atoms with Gasteiger partial charge >= 0.3 is 5.69 Å². The molecule has 0 saturated heterocycles. The predicted octanol–water partition coefficient (Wildman–Crippen LogP) is 5.53. The van der Waals surface area contributed by atoms with Crippen LogP contribution in [0.15, 0.2) is 120 Å². The van der Waals surface area contributed by atoms with Crippen molar-refractivity contribution < 1.29 is 17.8 Å². The molecule has 45 heavy (non-hydrogen) atoms. The summed E-state index contributed by atoms with van der Waals surface area (Å²) in [5, 5.41) is 0.898. The molecule has 4 heterocycles. The molecule has 4 aromatic heterocycles. The Bertz CT molecular complexity index is 2310. The van der Waals surface area contributed by atoms with E-state index in [1.807, 2.05) is 62.5 Å². The van der Waals surface area contributed by atoms with Gasteiger partial charge in [-0.3, -0.25) is 23.7 Å². The molecule has 0 saturated carbocycles. The first kappa shape index (κ1) is 29.5. The molecule has 7 aromatic rings. The van der Waals surface area contributed by atoms with Crippen molar-refractivity contribution in [1.82, 2.24) is 28.8 Å². The van der Waals surface area contributed by atoms with Gasteiger partial charge in [0.2, 0.25) is 0 Å². The van der Waals surface area contributed by atoms with Crippen molar-refractivity contribution in [1.29, 1.82) is 0 Å². The molecular formula is C33H28N6O5S. The van der Waals surface area contributed by atoms with Crippen LogP contribution < -0.4 is 10.5 Å². The van der Waals surface area contributed by atoms with E-state index in [0.29, 0.717) is 5.75 Å². The fraction of sp³-hybridized carbons (Fsp3) is 0.0909. The van der Waals surface area contributed by atoms with Crippen LogP contribution in [0.5, 0.6) is 5.75 Å². The summed E-state index contributed by atoms with van der Waals surface area (Å²) in [6.45, 7) is 3.81. The van der Waals surface area contributed by atoms with Gasteiger partial charge in [0.25, 0.3) is 10.1 Å². The van der Waals surface area contributed by atoms with Gasteiger partial charge in [0.15, 0.2) is 5.75 Å². The van der Waals surface area contributed by atoms with Gasteiger partial charge in [-0.2, -0.15) is 13.1 Å². The average molecular weight is 621 g/mol. The number of imidazole rings is 2. The summed E-state index contributed by atoms with van der Waals surface area (Å²) in [4.78, 5) is 32.0. The summed E-state index contributed by atoms with van der Waals surface area (Å²) in [6, 6.07) is 21.6. The minimum absolute atomic E-state index is 0.0666. The maximum absolute atomic E-state index is 13.4. The molecule has 0 bridgehead atoms. The van der Waals surface area contributed by atoms with Crippen LogP contribution >= 0.6 is 0 Å². The molecule has 12 heteroatoms. The second-order valence-electron chi connectivity index (χ2n) is 10.4. The standard InChI is InChI=1S/C26H20N6O2.C7H8O3S/c1-17-12-20(34-31-11-10-28-16-31)6-8-23(17)32-25-21-13-18(19-4-3-9-27-14-19)5-7-22(21)29-15-24(25)30(2)26(32)33;1-6-2-4-7(5-3-6)11(8,9)10/h3-16H,1-2H3;2-5H,1H3,(H,8,9,10). The fourth-order valence-electron chi connectivity index (χ4n) is 5.00. The van der Waals surface area contributed by atoms with Crippen LogP contribution in [-0.2, 0) is 17.2 Å². The molecule has 0 radical (unpaired) electrons. The summed E-state index contributed by atoms with van der Waals surface area (Å²) < 4.78 is 34.5. The number of nitrogens with zero attached hydrogens (tertiary/aromatic N) is 6. The largest absolute Gasteiger partial charge is 0.374 e. The van der Waals surface area contributed by atoms with Crippen LogP contribution in [0, 0.1) is 13.8 Å². The Morgan fingerprint density at radius 3 is 2.33 bits per heavy atom. The van der Waals surface area contributed by atoms with Crippen molar-refractivity contribution >= 4 is 32.1 Å². The number of benzene rings is 3. The smallest absolute Gasteiger partial charge is 0.333 e. The van der Waals surface area contributed by atoms with E-state index in [1.54, 1.807) is 59.4 Å². The fourth-order valence-corrected chi connectivity index (χ4v) is 5.48. The molecule has 0 unspecified atom stereocenters. The molecule has 0 atom stereocenters. The zero-order valence-corrected chi connectivity index (χ0v) is 25.4. The highest BCUT2D eigenvalue weighted by Gasteiger charge is 2.18. The van der Waals surface area contributed by atoms with E-state index in [1.165, 1.54) is 16.9 Å². The third-order valence-corrected chi connectivity index (χ3v) is 8.17. The number of fused-ring (bicyclic) bond motifs is 3.